The van der Waals surface area contributed by atoms with Gasteiger partial charge in [0, 0.05) is 12.0 Å². The molecule has 0 aliphatic heterocycles. The Hall–Kier alpha value is -0.980. The van der Waals surface area contributed by atoms with E-state index in [2.05, 4.69) is 10.5 Å². The van der Waals surface area contributed by atoms with Gasteiger partial charge in [-0.3, -0.25) is 4.79 Å². The molecule has 0 spiro atoms. The zero-order chi connectivity index (χ0) is 14.0. The van der Waals surface area contributed by atoms with Crippen LogP contribution in [0.15, 0.2) is 11.2 Å². The van der Waals surface area contributed by atoms with Gasteiger partial charge >= 0.3 is 0 Å². The Morgan fingerprint density at radius 2 is 2.26 bits per heavy atom. The van der Waals surface area contributed by atoms with Gasteiger partial charge in [0.15, 0.2) is 0 Å². The highest BCUT2D eigenvalue weighted by Crippen LogP contribution is 2.32. The summed E-state index contributed by atoms with van der Waals surface area (Å²) in [6.45, 7) is 0. The van der Waals surface area contributed by atoms with Gasteiger partial charge in [0.25, 0.3) is 5.91 Å². The number of amidine groups is 1. The molecule has 0 aromatic carbocycles. The van der Waals surface area contributed by atoms with Crippen molar-refractivity contribution < 1.29 is 10.0 Å². The lowest BCUT2D eigenvalue weighted by Crippen LogP contribution is -2.42. The van der Waals surface area contributed by atoms with E-state index in [0.29, 0.717) is 14.2 Å². The number of nitrogens with two attached hydrogens (primary N) is 1. The number of hydrogen-bond acceptors (Lipinski definition) is 4. The summed E-state index contributed by atoms with van der Waals surface area (Å²) in [4.78, 5) is 12.1. The van der Waals surface area contributed by atoms with E-state index in [1.807, 2.05) is 0 Å². The Bertz CT molecular complexity index is 518. The molecule has 1 aromatic heterocycles. The molecule has 5 nitrogen and oxygen atoms in total. The number of nitrogens with zero attached hydrogens (tertiary/aromatic N) is 1. The minimum absolute atomic E-state index is 0.137. The Morgan fingerprint density at radius 1 is 1.53 bits per heavy atom. The molecule has 19 heavy (non-hydrogen) atoms. The minimum Gasteiger partial charge on any atom is -0.409 e. The molecule has 0 bridgehead atoms. The monoisotopic (exact) mass is 321 g/mol. The van der Waals surface area contributed by atoms with Crippen LogP contribution < -0.4 is 11.1 Å². The molecule has 1 aliphatic rings. The summed E-state index contributed by atoms with van der Waals surface area (Å²) in [6, 6.07) is 1.40. The molecule has 2 atom stereocenters. The molecule has 2 unspecified atom stereocenters. The average Bonchev–Trinajstić information content (AvgIpc) is 2.95. The normalized spacial score (nSPS) is 23.6. The standard InChI is InChI=1S/C11H13Cl2N3O2S/c12-8-4-6(9(13)19-8)11(17)15-7-3-1-2-5(7)10(14)16-18/h4-5,7,18H,1-3H2,(H2,14,16)(H,15,17). The molecule has 1 heterocycles. The third-order valence-corrected chi connectivity index (χ3v) is 4.72. The second kappa shape index (κ2) is 5.98. The average molecular weight is 322 g/mol. The fourth-order valence-corrected chi connectivity index (χ4v) is 3.76. The maximum Gasteiger partial charge on any atom is 0.253 e. The first-order valence-electron chi connectivity index (χ1n) is 5.76. The quantitative estimate of drug-likeness (QED) is 0.346. The van der Waals surface area contributed by atoms with Gasteiger partial charge in [-0.15, -0.1) is 11.3 Å². The molecule has 1 fully saturated rings. The number of nitrogens with one attached hydrogen (secondary N) is 1. The number of carbonyl (C=O) groups excluding carboxylic acids is 1. The van der Waals surface area contributed by atoms with Crippen molar-refractivity contribution >= 4 is 46.3 Å². The van der Waals surface area contributed by atoms with E-state index >= 15 is 0 Å². The summed E-state index contributed by atoms with van der Waals surface area (Å²) in [5.74, 6) is -0.269. The van der Waals surface area contributed by atoms with Crippen LogP contribution in [-0.4, -0.2) is 23.0 Å². The Labute approximate surface area is 124 Å². The van der Waals surface area contributed by atoms with Gasteiger partial charge in [-0.05, 0) is 18.9 Å². The Balaban J connectivity index is 2.08. The summed E-state index contributed by atoms with van der Waals surface area (Å²) < 4.78 is 0.829. The largest absolute Gasteiger partial charge is 0.409 e. The van der Waals surface area contributed by atoms with Crippen LogP contribution in [0, 0.1) is 5.92 Å². The van der Waals surface area contributed by atoms with Crippen LogP contribution >= 0.6 is 34.5 Å². The van der Waals surface area contributed by atoms with Gasteiger partial charge < -0.3 is 16.3 Å². The van der Waals surface area contributed by atoms with Gasteiger partial charge in [0.05, 0.1) is 9.90 Å². The van der Waals surface area contributed by atoms with Crippen molar-refractivity contribution in [2.24, 2.45) is 16.8 Å². The van der Waals surface area contributed by atoms with Crippen LogP contribution in [0.2, 0.25) is 8.67 Å². The second-order valence-corrected chi connectivity index (χ2v) is 6.67. The highest BCUT2D eigenvalue weighted by Gasteiger charge is 2.32. The number of halogens is 2. The fourth-order valence-electron chi connectivity index (χ4n) is 2.30. The maximum atomic E-state index is 12.1. The van der Waals surface area contributed by atoms with Crippen LogP contribution in [0.5, 0.6) is 0 Å². The molecule has 1 amide bonds. The first-order chi connectivity index (χ1) is 9.02. The van der Waals surface area contributed by atoms with Crippen molar-refractivity contribution in [3.8, 4) is 0 Å². The van der Waals surface area contributed by atoms with Crippen molar-refractivity contribution in [2.75, 3.05) is 0 Å². The van der Waals surface area contributed by atoms with E-state index in [9.17, 15) is 4.79 Å². The molecular weight excluding hydrogens is 309 g/mol. The van der Waals surface area contributed by atoms with Crippen LogP contribution in [0.3, 0.4) is 0 Å². The molecule has 104 valence electrons. The summed E-state index contributed by atoms with van der Waals surface area (Å²) in [5, 5.41) is 14.6. The van der Waals surface area contributed by atoms with E-state index in [1.54, 1.807) is 0 Å². The van der Waals surface area contributed by atoms with Crippen molar-refractivity contribution in [3.63, 3.8) is 0 Å². The van der Waals surface area contributed by atoms with Crippen LogP contribution in [0.25, 0.3) is 0 Å². The van der Waals surface area contributed by atoms with E-state index in [0.717, 1.165) is 30.6 Å². The fraction of sp³-hybridized carbons (Fsp3) is 0.455. The first-order valence-corrected chi connectivity index (χ1v) is 7.33. The lowest BCUT2D eigenvalue weighted by Gasteiger charge is -2.19. The van der Waals surface area contributed by atoms with Crippen molar-refractivity contribution in [1.82, 2.24) is 5.32 Å². The molecule has 0 saturated heterocycles. The highest BCUT2D eigenvalue weighted by atomic mass is 35.5. The molecule has 2 rings (SSSR count). The number of amides is 1. The van der Waals surface area contributed by atoms with Crippen LogP contribution in [-0.2, 0) is 0 Å². The topological polar surface area (TPSA) is 87.7 Å². The molecule has 8 heteroatoms. The molecule has 1 aliphatic carbocycles. The van der Waals surface area contributed by atoms with Crippen molar-refractivity contribution in [3.05, 3.63) is 20.3 Å². The summed E-state index contributed by atoms with van der Waals surface area (Å²) in [5.41, 5.74) is 5.98. The molecule has 0 radical (unpaired) electrons. The number of oxime groups is 1. The summed E-state index contributed by atoms with van der Waals surface area (Å²) >= 11 is 12.9. The first kappa shape index (κ1) is 14.4. The molecule has 1 aromatic rings. The summed E-state index contributed by atoms with van der Waals surface area (Å²) in [7, 11) is 0. The van der Waals surface area contributed by atoms with E-state index in [1.165, 1.54) is 6.07 Å². The molecule has 1 saturated carbocycles. The van der Waals surface area contributed by atoms with Crippen LogP contribution in [0.4, 0.5) is 0 Å². The lowest BCUT2D eigenvalue weighted by molar-refractivity contribution is 0.0934. The number of thiophene rings is 1. The predicted octanol–water partition coefficient (Wildman–Crippen LogP) is 2.70. The second-order valence-electron chi connectivity index (χ2n) is 4.38. The third kappa shape index (κ3) is 3.13. The van der Waals surface area contributed by atoms with Gasteiger partial charge in [-0.25, -0.2) is 0 Å². The smallest absolute Gasteiger partial charge is 0.253 e. The minimum atomic E-state index is -0.282. The number of carbonyl (C=O) groups is 1. The van der Waals surface area contributed by atoms with Crippen molar-refractivity contribution in [2.45, 2.75) is 25.3 Å². The van der Waals surface area contributed by atoms with Gasteiger partial charge in [-0.2, -0.15) is 0 Å². The van der Waals surface area contributed by atoms with E-state index in [4.69, 9.17) is 34.1 Å². The number of hydrogen-bond donors (Lipinski definition) is 3. The van der Waals surface area contributed by atoms with Gasteiger partial charge in [-0.1, -0.05) is 34.8 Å². The number of rotatable bonds is 3. The van der Waals surface area contributed by atoms with Crippen LogP contribution in [0.1, 0.15) is 29.6 Å². The Morgan fingerprint density at radius 3 is 2.84 bits per heavy atom. The molecular formula is C11H13Cl2N3O2S. The van der Waals surface area contributed by atoms with Gasteiger partial charge in [0.2, 0.25) is 0 Å². The predicted molar refractivity (Wildman–Crippen MR) is 76.3 cm³/mol. The SMILES string of the molecule is N/C(=N/O)C1CCCC1NC(=O)c1cc(Cl)sc1Cl. The third-order valence-electron chi connectivity index (χ3n) is 3.23. The van der Waals surface area contributed by atoms with Gasteiger partial charge in [0.1, 0.15) is 10.2 Å². The Kier molecular flexibility index (Phi) is 4.54. The molecule has 4 N–H and O–H groups in total. The van der Waals surface area contributed by atoms with E-state index in [-0.39, 0.29) is 23.7 Å². The van der Waals surface area contributed by atoms with Crippen molar-refractivity contribution in [1.29, 1.82) is 0 Å². The lowest BCUT2D eigenvalue weighted by atomic mass is 10.0. The maximum absolute atomic E-state index is 12.1. The zero-order valence-corrected chi connectivity index (χ0v) is 12.2. The highest BCUT2D eigenvalue weighted by molar-refractivity contribution is 7.20. The van der Waals surface area contributed by atoms with E-state index < -0.39 is 0 Å². The zero-order valence-electron chi connectivity index (χ0n) is 9.90. The summed E-state index contributed by atoms with van der Waals surface area (Å²) in [6.07, 6.45) is 2.50.